The van der Waals surface area contributed by atoms with Gasteiger partial charge in [0.2, 0.25) is 12.2 Å². The van der Waals surface area contributed by atoms with Crippen LogP contribution in [0.25, 0.3) is 0 Å². The van der Waals surface area contributed by atoms with Crippen molar-refractivity contribution in [3.8, 4) is 5.75 Å². The minimum atomic E-state index is 0.241. The first kappa shape index (κ1) is 13.5. The number of benzene rings is 1. The van der Waals surface area contributed by atoms with Crippen LogP contribution in [0.5, 0.6) is 5.75 Å². The second kappa shape index (κ2) is 6.33. The molecule has 0 amide bonds. The van der Waals surface area contributed by atoms with Gasteiger partial charge in [-0.05, 0) is 26.5 Å². The Bertz CT molecular complexity index is 511. The lowest BCUT2D eigenvalue weighted by atomic mass is 10.0. The molecule has 2 aromatic rings. The molecular weight excluding hydrogens is 242 g/mol. The first-order chi connectivity index (χ1) is 9.20. The van der Waals surface area contributed by atoms with E-state index in [9.17, 15) is 0 Å². The van der Waals surface area contributed by atoms with Crippen LogP contribution in [-0.4, -0.2) is 16.7 Å². The van der Waals surface area contributed by atoms with Crippen molar-refractivity contribution in [2.45, 2.75) is 33.4 Å². The first-order valence-electron chi connectivity index (χ1n) is 6.42. The Kier molecular flexibility index (Phi) is 4.52. The van der Waals surface area contributed by atoms with E-state index >= 15 is 0 Å². The fourth-order valence-corrected chi connectivity index (χ4v) is 1.95. The quantitative estimate of drug-likeness (QED) is 0.866. The molecule has 0 saturated heterocycles. The van der Waals surface area contributed by atoms with E-state index in [0.717, 1.165) is 17.9 Å². The Hall–Kier alpha value is -1.88. The number of aromatic nitrogens is 2. The van der Waals surface area contributed by atoms with Crippen LogP contribution in [0.1, 0.15) is 36.8 Å². The maximum Gasteiger partial charge on any atom is 0.213 e. The van der Waals surface area contributed by atoms with Gasteiger partial charge in [0.25, 0.3) is 0 Å². The second-order valence-electron chi connectivity index (χ2n) is 4.46. The molecule has 0 aliphatic heterocycles. The monoisotopic (exact) mass is 261 g/mol. The zero-order valence-electron chi connectivity index (χ0n) is 11.5. The third-order valence-corrected chi connectivity index (χ3v) is 2.91. The molecule has 0 saturated carbocycles. The molecule has 1 heterocycles. The molecule has 5 nitrogen and oxygen atoms in total. The Labute approximate surface area is 113 Å². The molecule has 0 bridgehead atoms. The molecule has 0 aliphatic rings. The molecule has 5 heteroatoms. The summed E-state index contributed by atoms with van der Waals surface area (Å²) in [6.45, 7) is 7.52. The number of hydrogen-bond acceptors (Lipinski definition) is 5. The van der Waals surface area contributed by atoms with Gasteiger partial charge in [0.15, 0.2) is 6.61 Å². The van der Waals surface area contributed by atoms with E-state index in [1.54, 1.807) is 0 Å². The lowest BCUT2D eigenvalue weighted by Gasteiger charge is -2.18. The molecule has 1 atom stereocenters. The molecular formula is C14H19N3O2. The summed E-state index contributed by atoms with van der Waals surface area (Å²) in [6, 6.07) is 6.40. The zero-order valence-corrected chi connectivity index (χ0v) is 11.5. The molecule has 0 aliphatic carbocycles. The van der Waals surface area contributed by atoms with Crippen LogP contribution in [0.3, 0.4) is 0 Å². The van der Waals surface area contributed by atoms with Crippen LogP contribution in [0.2, 0.25) is 0 Å². The standard InChI is InChI=1S/C14H19N3O2/c1-4-15-11(3)12-7-10(2)5-6-13(12)18-8-14-16-9-19-17-14/h5-7,9,11,15H,4,8H2,1-3H3. The van der Waals surface area contributed by atoms with Gasteiger partial charge in [-0.3, -0.25) is 0 Å². The molecule has 102 valence electrons. The van der Waals surface area contributed by atoms with Crippen molar-refractivity contribution in [2.75, 3.05) is 6.54 Å². The van der Waals surface area contributed by atoms with Gasteiger partial charge in [-0.25, -0.2) is 0 Å². The Morgan fingerprint density at radius 1 is 1.42 bits per heavy atom. The third kappa shape index (κ3) is 3.54. The van der Waals surface area contributed by atoms with Crippen molar-refractivity contribution in [3.05, 3.63) is 41.5 Å². The number of nitrogens with one attached hydrogen (secondary N) is 1. The minimum absolute atomic E-state index is 0.241. The number of nitrogens with zero attached hydrogens (tertiary/aromatic N) is 2. The molecule has 1 aromatic heterocycles. The van der Waals surface area contributed by atoms with Crippen LogP contribution in [-0.2, 0) is 6.61 Å². The van der Waals surface area contributed by atoms with Crippen LogP contribution in [0.4, 0.5) is 0 Å². The molecule has 0 radical (unpaired) electrons. The van der Waals surface area contributed by atoms with Gasteiger partial charge in [0.1, 0.15) is 5.75 Å². The summed E-state index contributed by atoms with van der Waals surface area (Å²) >= 11 is 0. The Morgan fingerprint density at radius 3 is 2.95 bits per heavy atom. The van der Waals surface area contributed by atoms with E-state index in [1.807, 2.05) is 12.1 Å². The number of hydrogen-bond donors (Lipinski definition) is 1. The van der Waals surface area contributed by atoms with Crippen LogP contribution in [0.15, 0.2) is 29.1 Å². The van der Waals surface area contributed by atoms with Gasteiger partial charge in [0.05, 0.1) is 0 Å². The largest absolute Gasteiger partial charge is 0.485 e. The Balaban J connectivity index is 2.14. The van der Waals surface area contributed by atoms with Crippen molar-refractivity contribution in [1.82, 2.24) is 15.5 Å². The SMILES string of the molecule is CCNC(C)c1cc(C)ccc1OCc1ncon1. The maximum atomic E-state index is 5.78. The van der Waals surface area contributed by atoms with Gasteiger partial charge >= 0.3 is 0 Å². The van der Waals surface area contributed by atoms with E-state index in [1.165, 1.54) is 12.0 Å². The summed E-state index contributed by atoms with van der Waals surface area (Å²) in [5.41, 5.74) is 2.36. The third-order valence-electron chi connectivity index (χ3n) is 2.91. The summed E-state index contributed by atoms with van der Waals surface area (Å²) in [5.74, 6) is 1.39. The zero-order chi connectivity index (χ0) is 13.7. The van der Waals surface area contributed by atoms with E-state index in [2.05, 4.69) is 46.8 Å². The molecule has 0 fully saturated rings. The van der Waals surface area contributed by atoms with Crippen LogP contribution >= 0.6 is 0 Å². The average Bonchev–Trinajstić information content (AvgIpc) is 2.90. The highest BCUT2D eigenvalue weighted by molar-refractivity contribution is 5.39. The van der Waals surface area contributed by atoms with Gasteiger partial charge in [0, 0.05) is 11.6 Å². The summed E-state index contributed by atoms with van der Waals surface area (Å²) in [5, 5.41) is 7.13. The highest BCUT2D eigenvalue weighted by Crippen LogP contribution is 2.26. The summed E-state index contributed by atoms with van der Waals surface area (Å²) in [4.78, 5) is 3.94. The predicted molar refractivity (Wildman–Crippen MR) is 71.9 cm³/mol. The topological polar surface area (TPSA) is 60.2 Å². The van der Waals surface area contributed by atoms with Gasteiger partial charge in [-0.2, -0.15) is 4.98 Å². The second-order valence-corrected chi connectivity index (χ2v) is 4.46. The number of aryl methyl sites for hydroxylation is 1. The average molecular weight is 261 g/mol. The van der Waals surface area contributed by atoms with Crippen LogP contribution < -0.4 is 10.1 Å². The molecule has 2 rings (SSSR count). The van der Waals surface area contributed by atoms with Crippen molar-refractivity contribution < 1.29 is 9.26 Å². The summed E-state index contributed by atoms with van der Waals surface area (Å²) in [7, 11) is 0. The van der Waals surface area contributed by atoms with Gasteiger partial charge in [-0.1, -0.05) is 29.8 Å². The Morgan fingerprint density at radius 2 is 2.26 bits per heavy atom. The van der Waals surface area contributed by atoms with Crippen molar-refractivity contribution in [3.63, 3.8) is 0 Å². The summed E-state index contributed by atoms with van der Waals surface area (Å²) in [6.07, 6.45) is 1.30. The fourth-order valence-electron chi connectivity index (χ4n) is 1.95. The van der Waals surface area contributed by atoms with Crippen molar-refractivity contribution >= 4 is 0 Å². The molecule has 1 aromatic carbocycles. The minimum Gasteiger partial charge on any atom is -0.485 e. The highest BCUT2D eigenvalue weighted by atomic mass is 16.5. The van der Waals surface area contributed by atoms with E-state index in [4.69, 9.17) is 4.74 Å². The molecule has 1 unspecified atom stereocenters. The number of ether oxygens (including phenoxy) is 1. The molecule has 1 N–H and O–H groups in total. The van der Waals surface area contributed by atoms with E-state index in [0.29, 0.717) is 12.4 Å². The molecule has 0 spiro atoms. The normalized spacial score (nSPS) is 12.4. The van der Waals surface area contributed by atoms with Crippen molar-refractivity contribution in [2.24, 2.45) is 0 Å². The highest BCUT2D eigenvalue weighted by Gasteiger charge is 2.12. The predicted octanol–water partition coefficient (Wildman–Crippen LogP) is 2.63. The lowest BCUT2D eigenvalue weighted by molar-refractivity contribution is 0.281. The molecule has 19 heavy (non-hydrogen) atoms. The summed E-state index contributed by atoms with van der Waals surface area (Å²) < 4.78 is 10.5. The van der Waals surface area contributed by atoms with Gasteiger partial charge in [-0.15, -0.1) is 0 Å². The number of rotatable bonds is 6. The van der Waals surface area contributed by atoms with Gasteiger partial charge < -0.3 is 14.6 Å². The van der Waals surface area contributed by atoms with Crippen LogP contribution in [0, 0.1) is 6.92 Å². The smallest absolute Gasteiger partial charge is 0.213 e. The van der Waals surface area contributed by atoms with Crippen molar-refractivity contribution in [1.29, 1.82) is 0 Å². The van der Waals surface area contributed by atoms with E-state index in [-0.39, 0.29) is 6.04 Å². The first-order valence-corrected chi connectivity index (χ1v) is 6.42. The maximum absolute atomic E-state index is 5.78. The van der Waals surface area contributed by atoms with E-state index < -0.39 is 0 Å². The fraction of sp³-hybridized carbons (Fsp3) is 0.429. The lowest BCUT2D eigenvalue weighted by Crippen LogP contribution is -2.18.